The van der Waals surface area contributed by atoms with Gasteiger partial charge < -0.3 is 19.5 Å². The van der Waals surface area contributed by atoms with E-state index in [1.54, 1.807) is 31.0 Å². The Morgan fingerprint density at radius 3 is 2.48 bits per heavy atom. The fourth-order valence-electron chi connectivity index (χ4n) is 4.50. The molecule has 0 aromatic heterocycles. The minimum absolute atomic E-state index is 0.222. The van der Waals surface area contributed by atoms with Crippen molar-refractivity contribution in [2.75, 3.05) is 32.3 Å². The van der Waals surface area contributed by atoms with Gasteiger partial charge in [0.1, 0.15) is 18.3 Å². The maximum atomic E-state index is 13.6. The van der Waals surface area contributed by atoms with Crippen LogP contribution in [0.25, 0.3) is 0 Å². The van der Waals surface area contributed by atoms with Crippen LogP contribution in [0.15, 0.2) is 46.8 Å². The molecule has 3 rings (SSSR count). The van der Waals surface area contributed by atoms with Gasteiger partial charge in [-0.2, -0.15) is 11.8 Å². The molecule has 0 saturated carbocycles. The summed E-state index contributed by atoms with van der Waals surface area (Å²) < 4.78 is 15.8. The predicted molar refractivity (Wildman–Crippen MR) is 127 cm³/mol. The Morgan fingerprint density at radius 2 is 1.88 bits per heavy atom. The molecule has 0 amide bonds. The molecule has 0 unspecified atom stereocenters. The van der Waals surface area contributed by atoms with Crippen LogP contribution in [0.4, 0.5) is 0 Å². The first-order valence-corrected chi connectivity index (χ1v) is 12.2. The van der Waals surface area contributed by atoms with E-state index in [4.69, 9.17) is 14.2 Å². The van der Waals surface area contributed by atoms with Crippen molar-refractivity contribution in [2.45, 2.75) is 33.1 Å². The lowest BCUT2D eigenvalue weighted by Gasteiger charge is -2.38. The molecule has 8 heteroatoms. The highest BCUT2D eigenvalue weighted by atomic mass is 32.2. The van der Waals surface area contributed by atoms with Crippen molar-refractivity contribution in [1.29, 1.82) is 0 Å². The third-order valence-electron chi connectivity index (χ3n) is 6.08. The van der Waals surface area contributed by atoms with Crippen molar-refractivity contribution in [2.24, 2.45) is 11.8 Å². The number of Topliss-reactive ketones (excluding diaryl/α,β-unsaturated/α-hetero) is 1. The molecule has 33 heavy (non-hydrogen) atoms. The summed E-state index contributed by atoms with van der Waals surface area (Å²) in [5.41, 5.74) is 2.95. The lowest BCUT2D eigenvalue weighted by Crippen LogP contribution is -2.43. The molecule has 178 valence electrons. The van der Waals surface area contributed by atoms with Crippen LogP contribution in [0, 0.1) is 11.8 Å². The number of ether oxygens (including phenoxy) is 3. The number of hydrogen-bond acceptors (Lipinski definition) is 8. The van der Waals surface area contributed by atoms with E-state index in [1.165, 1.54) is 7.11 Å². The Morgan fingerprint density at radius 1 is 1.18 bits per heavy atom. The zero-order valence-electron chi connectivity index (χ0n) is 19.7. The van der Waals surface area contributed by atoms with Crippen LogP contribution >= 0.6 is 11.8 Å². The Balaban J connectivity index is 2.06. The Labute approximate surface area is 198 Å². The fraction of sp³-hybridized carbons (Fsp3) is 0.480. The molecule has 1 aromatic rings. The number of carbonyl (C=O) groups is 3. The number of thioether (sulfide) groups is 1. The van der Waals surface area contributed by atoms with Gasteiger partial charge in [-0.15, -0.1) is 0 Å². The number of nitrogens with one attached hydrogen (secondary N) is 1. The smallest absolute Gasteiger partial charge is 0.336 e. The van der Waals surface area contributed by atoms with Crippen LogP contribution in [-0.4, -0.2) is 50.1 Å². The third-order valence-corrected chi connectivity index (χ3v) is 6.94. The van der Waals surface area contributed by atoms with Gasteiger partial charge in [-0.25, -0.2) is 4.79 Å². The number of carbonyl (C=O) groups excluding carboxylic acids is 3. The highest BCUT2D eigenvalue weighted by Gasteiger charge is 2.47. The standard InChI is InChI=1S/C25H31NO6S/c1-6-33-12-11-32-25(29)20-15(3)26-18-13-14(2)19(24(28)31-5)23(27)22(18)21(20)16-7-9-17(30-4)10-8-16/h7-10,14,19,21,26H,6,11-13H2,1-5H3/t14-,19+,21-/m1/s1. The van der Waals surface area contributed by atoms with Crippen LogP contribution < -0.4 is 10.1 Å². The van der Waals surface area contributed by atoms with E-state index in [1.807, 2.05) is 32.9 Å². The minimum atomic E-state index is -0.909. The number of esters is 2. The van der Waals surface area contributed by atoms with Gasteiger partial charge in [-0.3, -0.25) is 9.59 Å². The Kier molecular flexibility index (Phi) is 8.24. The van der Waals surface area contributed by atoms with E-state index in [2.05, 4.69) is 5.32 Å². The van der Waals surface area contributed by atoms with Crippen molar-refractivity contribution in [3.63, 3.8) is 0 Å². The number of hydrogen-bond donors (Lipinski definition) is 1. The van der Waals surface area contributed by atoms with Gasteiger partial charge in [-0.1, -0.05) is 26.0 Å². The average molecular weight is 474 g/mol. The van der Waals surface area contributed by atoms with Crippen LogP contribution in [-0.2, 0) is 23.9 Å². The quantitative estimate of drug-likeness (QED) is 0.348. The number of methoxy groups -OCH3 is 2. The lowest BCUT2D eigenvalue weighted by molar-refractivity contribution is -0.151. The van der Waals surface area contributed by atoms with Crippen LogP contribution in [0.3, 0.4) is 0 Å². The highest BCUT2D eigenvalue weighted by Crippen LogP contribution is 2.45. The maximum absolute atomic E-state index is 13.6. The van der Waals surface area contributed by atoms with Gasteiger partial charge in [0.25, 0.3) is 0 Å². The Bertz CT molecular complexity index is 981. The first-order chi connectivity index (χ1) is 15.8. The Hall–Kier alpha value is -2.74. The molecule has 3 atom stereocenters. The van der Waals surface area contributed by atoms with Gasteiger partial charge in [-0.05, 0) is 42.7 Å². The summed E-state index contributed by atoms with van der Waals surface area (Å²) in [7, 11) is 2.86. The highest BCUT2D eigenvalue weighted by molar-refractivity contribution is 7.99. The topological polar surface area (TPSA) is 90.9 Å². The second kappa shape index (κ2) is 10.9. The van der Waals surface area contributed by atoms with E-state index in [0.717, 1.165) is 17.0 Å². The van der Waals surface area contributed by atoms with Crippen molar-refractivity contribution in [1.82, 2.24) is 5.32 Å². The summed E-state index contributed by atoms with van der Waals surface area (Å²) in [6.07, 6.45) is 0.500. The summed E-state index contributed by atoms with van der Waals surface area (Å²) in [6.45, 7) is 6.01. The van der Waals surface area contributed by atoms with E-state index >= 15 is 0 Å². The number of dihydropyridines is 1. The van der Waals surface area contributed by atoms with E-state index in [0.29, 0.717) is 34.8 Å². The largest absolute Gasteiger partial charge is 0.497 e. The molecule has 1 heterocycles. The van der Waals surface area contributed by atoms with Gasteiger partial charge in [0, 0.05) is 28.6 Å². The molecule has 0 bridgehead atoms. The van der Waals surface area contributed by atoms with E-state index in [9.17, 15) is 14.4 Å². The van der Waals surface area contributed by atoms with Crippen molar-refractivity contribution in [3.05, 3.63) is 52.4 Å². The maximum Gasteiger partial charge on any atom is 0.336 e. The zero-order valence-corrected chi connectivity index (χ0v) is 20.5. The number of benzene rings is 1. The molecule has 1 N–H and O–H groups in total. The molecular weight excluding hydrogens is 442 g/mol. The molecule has 0 saturated heterocycles. The molecule has 0 spiro atoms. The van der Waals surface area contributed by atoms with Crippen LogP contribution in [0.1, 0.15) is 38.7 Å². The normalized spacial score (nSPS) is 22.5. The van der Waals surface area contributed by atoms with Crippen LogP contribution in [0.5, 0.6) is 5.75 Å². The average Bonchev–Trinajstić information content (AvgIpc) is 2.80. The zero-order chi connectivity index (χ0) is 24.1. The summed E-state index contributed by atoms with van der Waals surface area (Å²) in [6, 6.07) is 7.26. The predicted octanol–water partition coefficient (Wildman–Crippen LogP) is 3.60. The molecule has 0 fully saturated rings. The van der Waals surface area contributed by atoms with Crippen molar-refractivity contribution in [3.8, 4) is 5.75 Å². The SMILES string of the molecule is CCSCCOC(=O)C1=C(C)NC2=C(C(=O)[C@@H](C(=O)OC)[C@H](C)C2)[C@@H]1c1ccc(OC)cc1. The summed E-state index contributed by atoms with van der Waals surface area (Å²) in [5, 5.41) is 3.27. The number of allylic oxidation sites excluding steroid dienone is 3. The molecule has 1 aliphatic carbocycles. The molecular formula is C25H31NO6S. The fourth-order valence-corrected chi connectivity index (χ4v) is 4.99. The summed E-state index contributed by atoms with van der Waals surface area (Å²) >= 11 is 1.69. The third kappa shape index (κ3) is 5.11. The number of rotatable bonds is 8. The molecule has 0 radical (unpaired) electrons. The van der Waals surface area contributed by atoms with Crippen molar-refractivity contribution >= 4 is 29.5 Å². The van der Waals surface area contributed by atoms with E-state index in [-0.39, 0.29) is 18.3 Å². The first kappa shape index (κ1) is 24.9. The number of ketones is 1. The van der Waals surface area contributed by atoms with Crippen molar-refractivity contribution < 1.29 is 28.6 Å². The first-order valence-electron chi connectivity index (χ1n) is 11.1. The molecule has 1 aliphatic heterocycles. The molecule has 1 aromatic carbocycles. The van der Waals surface area contributed by atoms with Gasteiger partial charge in [0.15, 0.2) is 5.78 Å². The van der Waals surface area contributed by atoms with Gasteiger partial charge >= 0.3 is 11.9 Å². The van der Waals surface area contributed by atoms with E-state index < -0.39 is 23.8 Å². The minimum Gasteiger partial charge on any atom is -0.497 e. The molecule has 2 aliphatic rings. The van der Waals surface area contributed by atoms with Crippen LogP contribution in [0.2, 0.25) is 0 Å². The second-order valence-corrected chi connectivity index (χ2v) is 9.54. The monoisotopic (exact) mass is 473 g/mol. The lowest BCUT2D eigenvalue weighted by atomic mass is 9.69. The summed E-state index contributed by atoms with van der Waals surface area (Å²) in [4.78, 5) is 39.3. The second-order valence-electron chi connectivity index (χ2n) is 8.14. The molecule has 7 nitrogen and oxygen atoms in total. The van der Waals surface area contributed by atoms with Gasteiger partial charge in [0.05, 0.1) is 19.8 Å². The van der Waals surface area contributed by atoms with Gasteiger partial charge in [0.2, 0.25) is 0 Å². The summed E-state index contributed by atoms with van der Waals surface area (Å²) in [5.74, 6) is -0.817.